The van der Waals surface area contributed by atoms with Crippen LogP contribution in [0.3, 0.4) is 0 Å². The van der Waals surface area contributed by atoms with Gasteiger partial charge in [0.05, 0.1) is 10.3 Å². The van der Waals surface area contributed by atoms with Gasteiger partial charge in [0.1, 0.15) is 5.58 Å². The standard InChI is InChI=1S/C22H15ClO4S/c1-13-4-6-14(7-5-13)21-22(26-12-17(24)19-3-2-10-28-19)20(25)16-11-15(23)8-9-18(16)27-21/h2-11H,12H2,1H3. The average molecular weight is 411 g/mol. The van der Waals surface area contributed by atoms with Crippen molar-refractivity contribution >= 4 is 39.7 Å². The molecule has 0 fully saturated rings. The van der Waals surface area contributed by atoms with Crippen molar-refractivity contribution in [1.29, 1.82) is 0 Å². The van der Waals surface area contributed by atoms with Gasteiger partial charge in [-0.3, -0.25) is 9.59 Å². The first-order chi connectivity index (χ1) is 13.5. The zero-order valence-electron chi connectivity index (χ0n) is 14.9. The lowest BCUT2D eigenvalue weighted by molar-refractivity contribution is 0.0924. The maximum Gasteiger partial charge on any atom is 0.235 e. The number of rotatable bonds is 5. The molecule has 4 aromatic rings. The summed E-state index contributed by atoms with van der Waals surface area (Å²) in [5.74, 6) is 0.0952. The van der Waals surface area contributed by atoms with Crippen molar-refractivity contribution in [2.75, 3.05) is 6.61 Å². The monoisotopic (exact) mass is 410 g/mol. The van der Waals surface area contributed by atoms with Gasteiger partial charge in [0, 0.05) is 10.6 Å². The molecule has 0 atom stereocenters. The molecule has 0 bridgehead atoms. The number of ether oxygens (including phenoxy) is 1. The van der Waals surface area contributed by atoms with Crippen molar-refractivity contribution < 1.29 is 13.9 Å². The second-order valence-corrected chi connectivity index (χ2v) is 7.67. The van der Waals surface area contributed by atoms with E-state index in [9.17, 15) is 9.59 Å². The molecule has 0 saturated carbocycles. The fraction of sp³-hybridized carbons (Fsp3) is 0.0909. The second kappa shape index (κ2) is 7.62. The highest BCUT2D eigenvalue weighted by molar-refractivity contribution is 7.12. The van der Waals surface area contributed by atoms with Crippen LogP contribution in [0.5, 0.6) is 5.75 Å². The number of carbonyl (C=O) groups is 1. The largest absolute Gasteiger partial charge is 0.478 e. The van der Waals surface area contributed by atoms with Crippen LogP contribution in [0.15, 0.2) is 69.2 Å². The van der Waals surface area contributed by atoms with E-state index in [4.69, 9.17) is 20.8 Å². The molecule has 140 valence electrons. The average Bonchev–Trinajstić information content (AvgIpc) is 3.23. The number of Topliss-reactive ketones (excluding diaryl/α,β-unsaturated/α-hetero) is 1. The predicted molar refractivity (Wildman–Crippen MR) is 112 cm³/mol. The summed E-state index contributed by atoms with van der Waals surface area (Å²) in [4.78, 5) is 26.0. The van der Waals surface area contributed by atoms with E-state index in [-0.39, 0.29) is 23.6 Å². The highest BCUT2D eigenvalue weighted by atomic mass is 35.5. The van der Waals surface area contributed by atoms with Crippen LogP contribution in [0.2, 0.25) is 5.02 Å². The van der Waals surface area contributed by atoms with E-state index < -0.39 is 0 Å². The van der Waals surface area contributed by atoms with E-state index in [1.807, 2.05) is 36.6 Å². The van der Waals surface area contributed by atoms with E-state index in [0.29, 0.717) is 32.2 Å². The molecule has 4 rings (SSSR count). The van der Waals surface area contributed by atoms with E-state index in [1.165, 1.54) is 17.4 Å². The minimum atomic E-state index is -0.363. The van der Waals surface area contributed by atoms with E-state index in [2.05, 4.69) is 0 Å². The second-order valence-electron chi connectivity index (χ2n) is 6.29. The Morgan fingerprint density at radius 1 is 1.14 bits per heavy atom. The number of hydrogen-bond acceptors (Lipinski definition) is 5. The zero-order chi connectivity index (χ0) is 19.7. The Kier molecular flexibility index (Phi) is 5.03. The number of hydrogen-bond donors (Lipinski definition) is 0. The van der Waals surface area contributed by atoms with Crippen molar-refractivity contribution in [2.45, 2.75) is 6.92 Å². The quantitative estimate of drug-likeness (QED) is 0.393. The Morgan fingerprint density at radius 2 is 1.93 bits per heavy atom. The lowest BCUT2D eigenvalue weighted by atomic mass is 10.1. The molecule has 0 aliphatic heterocycles. The molecular weight excluding hydrogens is 396 g/mol. The summed E-state index contributed by atoms with van der Waals surface area (Å²) < 4.78 is 11.7. The highest BCUT2D eigenvalue weighted by Gasteiger charge is 2.19. The van der Waals surface area contributed by atoms with Crippen molar-refractivity contribution in [3.63, 3.8) is 0 Å². The van der Waals surface area contributed by atoms with Crippen LogP contribution >= 0.6 is 22.9 Å². The fourth-order valence-corrected chi connectivity index (χ4v) is 3.65. The summed E-state index contributed by atoms with van der Waals surface area (Å²) in [5.41, 5.74) is 1.81. The third kappa shape index (κ3) is 3.59. The summed E-state index contributed by atoms with van der Waals surface area (Å²) in [6.45, 7) is 1.72. The van der Waals surface area contributed by atoms with E-state index >= 15 is 0 Å². The highest BCUT2D eigenvalue weighted by Crippen LogP contribution is 2.32. The molecule has 2 aromatic heterocycles. The molecule has 0 amide bonds. The normalized spacial score (nSPS) is 10.9. The van der Waals surface area contributed by atoms with Gasteiger partial charge in [-0.2, -0.15) is 0 Å². The van der Waals surface area contributed by atoms with Crippen molar-refractivity contribution in [2.24, 2.45) is 0 Å². The van der Waals surface area contributed by atoms with Gasteiger partial charge >= 0.3 is 0 Å². The van der Waals surface area contributed by atoms with Gasteiger partial charge in [0.25, 0.3) is 0 Å². The van der Waals surface area contributed by atoms with Gasteiger partial charge in [-0.1, -0.05) is 47.5 Å². The smallest absolute Gasteiger partial charge is 0.235 e. The molecule has 2 aromatic carbocycles. The van der Waals surface area contributed by atoms with Gasteiger partial charge in [-0.25, -0.2) is 0 Å². The van der Waals surface area contributed by atoms with Crippen molar-refractivity contribution in [1.82, 2.24) is 0 Å². The molecule has 4 nitrogen and oxygen atoms in total. The number of carbonyl (C=O) groups excluding carboxylic acids is 1. The Labute approximate surface area is 170 Å². The lowest BCUT2D eigenvalue weighted by Crippen LogP contribution is -2.16. The number of fused-ring (bicyclic) bond motifs is 1. The summed E-state index contributed by atoms with van der Waals surface area (Å²) in [7, 11) is 0. The summed E-state index contributed by atoms with van der Waals surface area (Å²) in [5, 5.41) is 2.54. The van der Waals surface area contributed by atoms with Crippen LogP contribution < -0.4 is 10.2 Å². The maximum atomic E-state index is 13.1. The molecule has 0 radical (unpaired) electrons. The summed E-state index contributed by atoms with van der Waals surface area (Å²) in [6.07, 6.45) is 0. The minimum Gasteiger partial charge on any atom is -0.478 e. The SMILES string of the molecule is Cc1ccc(-c2oc3ccc(Cl)cc3c(=O)c2OCC(=O)c2cccs2)cc1. The number of thiophene rings is 1. The first-order valence-electron chi connectivity index (χ1n) is 8.56. The lowest BCUT2D eigenvalue weighted by Gasteiger charge is -2.11. The molecule has 0 spiro atoms. The molecule has 0 aliphatic carbocycles. The molecule has 0 unspecified atom stereocenters. The van der Waals surface area contributed by atoms with Crippen LogP contribution in [-0.2, 0) is 0 Å². The molecule has 28 heavy (non-hydrogen) atoms. The number of benzene rings is 2. The zero-order valence-corrected chi connectivity index (χ0v) is 16.5. The van der Waals surface area contributed by atoms with Gasteiger partial charge < -0.3 is 9.15 Å². The third-order valence-corrected chi connectivity index (χ3v) is 5.41. The van der Waals surface area contributed by atoms with Crippen molar-refractivity contribution in [3.05, 3.63) is 85.7 Å². The molecule has 0 saturated heterocycles. The van der Waals surface area contributed by atoms with Crippen LogP contribution in [0.4, 0.5) is 0 Å². The Bertz CT molecular complexity index is 1210. The van der Waals surface area contributed by atoms with Crippen LogP contribution in [0.25, 0.3) is 22.3 Å². The Hall–Kier alpha value is -2.89. The number of halogens is 1. The fourth-order valence-electron chi connectivity index (χ4n) is 2.82. The summed E-state index contributed by atoms with van der Waals surface area (Å²) >= 11 is 7.37. The number of ketones is 1. The van der Waals surface area contributed by atoms with Crippen LogP contribution in [-0.4, -0.2) is 12.4 Å². The van der Waals surface area contributed by atoms with Crippen molar-refractivity contribution in [3.8, 4) is 17.1 Å². The van der Waals surface area contributed by atoms with Gasteiger partial charge in [0.2, 0.25) is 17.0 Å². The predicted octanol–water partition coefficient (Wildman–Crippen LogP) is 5.75. The van der Waals surface area contributed by atoms with Crippen LogP contribution in [0.1, 0.15) is 15.2 Å². The topological polar surface area (TPSA) is 56.5 Å². The first-order valence-corrected chi connectivity index (χ1v) is 9.81. The Morgan fingerprint density at radius 3 is 2.64 bits per heavy atom. The summed E-state index contributed by atoms with van der Waals surface area (Å²) in [6, 6.07) is 15.9. The molecule has 2 heterocycles. The maximum absolute atomic E-state index is 13.1. The Balaban J connectivity index is 1.82. The molecule has 6 heteroatoms. The molecule has 0 aliphatic rings. The van der Waals surface area contributed by atoms with Gasteiger partial charge in [0.15, 0.2) is 12.4 Å². The third-order valence-electron chi connectivity index (χ3n) is 4.27. The van der Waals surface area contributed by atoms with E-state index in [1.54, 1.807) is 24.3 Å². The van der Waals surface area contributed by atoms with Gasteiger partial charge in [-0.15, -0.1) is 11.3 Å². The number of aryl methyl sites for hydroxylation is 1. The van der Waals surface area contributed by atoms with E-state index in [0.717, 1.165) is 5.56 Å². The van der Waals surface area contributed by atoms with Crippen LogP contribution in [0, 0.1) is 6.92 Å². The minimum absolute atomic E-state index is 0.00326. The molecule has 0 N–H and O–H groups in total. The van der Waals surface area contributed by atoms with Gasteiger partial charge in [-0.05, 0) is 36.6 Å². The molecular formula is C22H15ClO4S. The first kappa shape index (κ1) is 18.5.